The van der Waals surface area contributed by atoms with Crippen molar-refractivity contribution in [3.8, 4) is 0 Å². The van der Waals surface area contributed by atoms with Crippen LogP contribution in [0.25, 0.3) is 0 Å². The molecule has 0 saturated heterocycles. The molecule has 0 N–H and O–H groups in total. The van der Waals surface area contributed by atoms with Gasteiger partial charge >= 0.3 is 0 Å². The summed E-state index contributed by atoms with van der Waals surface area (Å²) in [5.74, 6) is 0. The minimum absolute atomic E-state index is 0.0193. The van der Waals surface area contributed by atoms with E-state index in [1.54, 1.807) is 13.1 Å². The lowest BCUT2D eigenvalue weighted by Crippen LogP contribution is -2.28. The fourth-order valence-corrected chi connectivity index (χ4v) is 2.87. The molecule has 0 bridgehead atoms. The smallest absolute Gasteiger partial charge is 0.243 e. The Morgan fingerprint density at radius 3 is 2.75 bits per heavy atom. The number of hydrogen-bond acceptors (Lipinski definition) is 3. The van der Waals surface area contributed by atoms with Gasteiger partial charge in [0.1, 0.15) is 10.0 Å². The Labute approximate surface area is 101 Å². The Morgan fingerprint density at radius 2 is 2.19 bits per heavy atom. The number of rotatable bonds is 5. The molecule has 0 aliphatic carbocycles. The highest BCUT2D eigenvalue weighted by molar-refractivity contribution is 7.89. The molecule has 0 aliphatic rings. The average molecular weight is 263 g/mol. The maximum atomic E-state index is 12.1. The molecular weight excluding hydrogens is 248 g/mol. The van der Waals surface area contributed by atoms with Gasteiger partial charge in [-0.05, 0) is 18.6 Å². The van der Waals surface area contributed by atoms with Crippen LogP contribution in [0, 0.1) is 0 Å². The number of sulfonamides is 1. The third kappa shape index (κ3) is 2.93. The second-order valence-corrected chi connectivity index (χ2v) is 5.84. The Kier molecular flexibility index (Phi) is 4.70. The molecule has 0 unspecified atom stereocenters. The van der Waals surface area contributed by atoms with Crippen molar-refractivity contribution in [2.45, 2.75) is 24.7 Å². The van der Waals surface area contributed by atoms with Crippen molar-refractivity contribution in [1.29, 1.82) is 0 Å². The van der Waals surface area contributed by atoms with Crippen LogP contribution in [0.1, 0.15) is 19.8 Å². The molecule has 0 aromatic carbocycles. The molecule has 4 nitrogen and oxygen atoms in total. The molecule has 0 radical (unpaired) electrons. The lowest BCUT2D eigenvalue weighted by atomic mass is 10.3. The quantitative estimate of drug-likeness (QED) is 0.764. The maximum Gasteiger partial charge on any atom is 0.245 e. The molecule has 1 heterocycles. The molecule has 0 atom stereocenters. The number of aromatic nitrogens is 1. The zero-order valence-corrected chi connectivity index (χ0v) is 10.9. The van der Waals surface area contributed by atoms with Crippen LogP contribution in [0.3, 0.4) is 0 Å². The molecule has 90 valence electrons. The third-order valence-corrected chi connectivity index (χ3v) is 4.54. The van der Waals surface area contributed by atoms with Gasteiger partial charge in [0.05, 0.1) is 0 Å². The molecule has 0 saturated carbocycles. The highest BCUT2D eigenvalue weighted by Gasteiger charge is 2.23. The molecule has 0 amide bonds. The summed E-state index contributed by atoms with van der Waals surface area (Å²) < 4.78 is 25.4. The lowest BCUT2D eigenvalue weighted by Gasteiger charge is -2.16. The summed E-state index contributed by atoms with van der Waals surface area (Å²) in [6.45, 7) is 2.50. The predicted octanol–water partition coefficient (Wildman–Crippen LogP) is 2.16. The molecule has 16 heavy (non-hydrogen) atoms. The number of nitrogens with zero attached hydrogens (tertiary/aromatic N) is 2. The summed E-state index contributed by atoms with van der Waals surface area (Å²) in [6.07, 6.45) is 3.24. The van der Waals surface area contributed by atoms with Crippen LogP contribution in [0.15, 0.2) is 23.2 Å². The summed E-state index contributed by atoms with van der Waals surface area (Å²) in [5, 5.41) is 0.0193. The van der Waals surface area contributed by atoms with Crippen molar-refractivity contribution in [3.05, 3.63) is 23.5 Å². The molecule has 1 aromatic rings. The number of hydrogen-bond donors (Lipinski definition) is 0. The summed E-state index contributed by atoms with van der Waals surface area (Å²) in [6, 6.07) is 3.03. The van der Waals surface area contributed by atoms with E-state index in [1.165, 1.54) is 16.6 Å². The minimum Gasteiger partial charge on any atom is -0.243 e. The summed E-state index contributed by atoms with van der Waals surface area (Å²) >= 11 is 5.77. The first-order valence-electron chi connectivity index (χ1n) is 5.07. The minimum atomic E-state index is -3.50. The second-order valence-electron chi connectivity index (χ2n) is 3.47. The van der Waals surface area contributed by atoms with E-state index in [0.717, 1.165) is 12.8 Å². The molecule has 1 aromatic heterocycles. The van der Waals surface area contributed by atoms with E-state index in [9.17, 15) is 8.42 Å². The van der Waals surface area contributed by atoms with E-state index in [4.69, 9.17) is 11.6 Å². The van der Waals surface area contributed by atoms with Gasteiger partial charge in [0.15, 0.2) is 0 Å². The van der Waals surface area contributed by atoms with Gasteiger partial charge in [-0.3, -0.25) is 0 Å². The van der Waals surface area contributed by atoms with Crippen molar-refractivity contribution in [1.82, 2.24) is 9.29 Å². The highest BCUT2D eigenvalue weighted by Crippen LogP contribution is 2.21. The predicted molar refractivity (Wildman–Crippen MR) is 64.0 cm³/mol. The van der Waals surface area contributed by atoms with Gasteiger partial charge in [0.2, 0.25) is 10.0 Å². The van der Waals surface area contributed by atoms with E-state index in [-0.39, 0.29) is 10.0 Å². The van der Waals surface area contributed by atoms with E-state index in [1.807, 2.05) is 6.92 Å². The first-order chi connectivity index (χ1) is 7.50. The van der Waals surface area contributed by atoms with E-state index >= 15 is 0 Å². The van der Waals surface area contributed by atoms with Gasteiger partial charge in [0, 0.05) is 19.8 Å². The fourth-order valence-electron chi connectivity index (χ4n) is 1.23. The van der Waals surface area contributed by atoms with Gasteiger partial charge in [-0.2, -0.15) is 0 Å². The topological polar surface area (TPSA) is 50.3 Å². The van der Waals surface area contributed by atoms with Gasteiger partial charge in [-0.25, -0.2) is 17.7 Å². The van der Waals surface area contributed by atoms with Crippen LogP contribution < -0.4 is 0 Å². The van der Waals surface area contributed by atoms with Crippen molar-refractivity contribution in [2.24, 2.45) is 0 Å². The molecule has 0 aliphatic heterocycles. The van der Waals surface area contributed by atoms with Crippen LogP contribution in [-0.2, 0) is 10.0 Å². The van der Waals surface area contributed by atoms with E-state index < -0.39 is 10.0 Å². The van der Waals surface area contributed by atoms with Crippen LogP contribution in [0.5, 0.6) is 0 Å². The standard InChI is InChI=1S/C10H15ClN2O2S/c1-3-4-8-13(2)16(14,15)9-6-5-7-12-10(9)11/h5-7H,3-4,8H2,1-2H3. The SMILES string of the molecule is CCCCN(C)S(=O)(=O)c1cccnc1Cl. The van der Waals surface area contributed by atoms with Crippen molar-refractivity contribution in [3.63, 3.8) is 0 Å². The van der Waals surface area contributed by atoms with Crippen molar-refractivity contribution in [2.75, 3.05) is 13.6 Å². The normalized spacial score (nSPS) is 12.0. The highest BCUT2D eigenvalue weighted by atomic mass is 35.5. The molecular formula is C10H15ClN2O2S. The summed E-state index contributed by atoms with van der Waals surface area (Å²) in [5.41, 5.74) is 0. The van der Waals surface area contributed by atoms with Crippen LogP contribution >= 0.6 is 11.6 Å². The van der Waals surface area contributed by atoms with Crippen LogP contribution in [-0.4, -0.2) is 31.3 Å². The first-order valence-corrected chi connectivity index (χ1v) is 6.88. The fraction of sp³-hybridized carbons (Fsp3) is 0.500. The first kappa shape index (κ1) is 13.4. The maximum absolute atomic E-state index is 12.1. The van der Waals surface area contributed by atoms with Crippen LogP contribution in [0.4, 0.5) is 0 Å². The molecule has 1 rings (SSSR count). The average Bonchev–Trinajstić information content (AvgIpc) is 2.26. The van der Waals surface area contributed by atoms with Gasteiger partial charge in [0.25, 0.3) is 0 Å². The monoisotopic (exact) mass is 262 g/mol. The van der Waals surface area contributed by atoms with Gasteiger partial charge in [-0.15, -0.1) is 0 Å². The van der Waals surface area contributed by atoms with Crippen molar-refractivity contribution >= 4 is 21.6 Å². The Morgan fingerprint density at radius 1 is 1.50 bits per heavy atom. The largest absolute Gasteiger partial charge is 0.245 e. The number of pyridine rings is 1. The van der Waals surface area contributed by atoms with E-state index in [0.29, 0.717) is 6.54 Å². The second kappa shape index (κ2) is 5.61. The zero-order chi connectivity index (χ0) is 12.2. The third-order valence-electron chi connectivity index (χ3n) is 2.24. The number of halogens is 1. The Bertz CT molecular complexity index is 448. The molecule has 6 heteroatoms. The van der Waals surface area contributed by atoms with E-state index in [2.05, 4.69) is 4.98 Å². The lowest BCUT2D eigenvalue weighted by molar-refractivity contribution is 0.459. The molecule has 0 spiro atoms. The van der Waals surface area contributed by atoms with Crippen molar-refractivity contribution < 1.29 is 8.42 Å². The van der Waals surface area contributed by atoms with Gasteiger partial charge in [-0.1, -0.05) is 24.9 Å². The molecule has 0 fully saturated rings. The Balaban J connectivity index is 2.98. The number of unbranched alkanes of at least 4 members (excludes halogenated alkanes) is 1. The Hall–Kier alpha value is -0.650. The van der Waals surface area contributed by atoms with Gasteiger partial charge < -0.3 is 0 Å². The van der Waals surface area contributed by atoms with Crippen LogP contribution in [0.2, 0.25) is 5.15 Å². The summed E-state index contributed by atoms with van der Waals surface area (Å²) in [7, 11) is -1.95. The summed E-state index contributed by atoms with van der Waals surface area (Å²) in [4.78, 5) is 3.83. The zero-order valence-electron chi connectivity index (χ0n) is 9.35.